The monoisotopic (exact) mass is 280 g/mol. The maximum atomic E-state index is 11.9. The third kappa shape index (κ3) is 4.23. The normalized spacial score (nSPS) is 21.9. The zero-order valence-corrected chi connectivity index (χ0v) is 12.3. The molecule has 0 aromatic carbocycles. The van der Waals surface area contributed by atoms with E-state index in [0.29, 0.717) is 24.4 Å². The number of aromatic nitrogens is 2. The van der Waals surface area contributed by atoms with Crippen molar-refractivity contribution in [1.29, 1.82) is 0 Å². The van der Waals surface area contributed by atoms with Crippen molar-refractivity contribution in [1.82, 2.24) is 15.1 Å². The SMILES string of the molecule is COCCCn1ccc(NC(=O)NC2CCCC2C)n1. The molecule has 2 N–H and O–H groups in total. The van der Waals surface area contributed by atoms with Crippen LogP contribution in [0, 0.1) is 5.92 Å². The molecular weight excluding hydrogens is 256 g/mol. The van der Waals surface area contributed by atoms with Gasteiger partial charge in [0.15, 0.2) is 5.82 Å². The largest absolute Gasteiger partial charge is 0.385 e. The van der Waals surface area contributed by atoms with E-state index in [2.05, 4.69) is 22.7 Å². The van der Waals surface area contributed by atoms with Gasteiger partial charge in [-0.15, -0.1) is 0 Å². The molecule has 2 rings (SSSR count). The Balaban J connectivity index is 1.76. The molecule has 1 aliphatic carbocycles. The molecule has 1 heterocycles. The first kappa shape index (κ1) is 14.8. The molecule has 6 heteroatoms. The Morgan fingerprint density at radius 3 is 3.10 bits per heavy atom. The first-order valence-electron chi connectivity index (χ1n) is 7.29. The Morgan fingerprint density at radius 2 is 2.40 bits per heavy atom. The smallest absolute Gasteiger partial charge is 0.320 e. The first-order valence-corrected chi connectivity index (χ1v) is 7.29. The average molecular weight is 280 g/mol. The number of urea groups is 1. The van der Waals surface area contributed by atoms with Gasteiger partial charge in [0.25, 0.3) is 0 Å². The van der Waals surface area contributed by atoms with Crippen molar-refractivity contribution in [3.05, 3.63) is 12.3 Å². The Kier molecular flexibility index (Phi) is 5.40. The number of methoxy groups -OCH3 is 1. The van der Waals surface area contributed by atoms with E-state index >= 15 is 0 Å². The van der Waals surface area contributed by atoms with Gasteiger partial charge >= 0.3 is 6.03 Å². The van der Waals surface area contributed by atoms with Crippen LogP contribution >= 0.6 is 0 Å². The number of ether oxygens (including phenoxy) is 1. The lowest BCUT2D eigenvalue weighted by Crippen LogP contribution is -2.39. The summed E-state index contributed by atoms with van der Waals surface area (Å²) in [5.74, 6) is 1.15. The van der Waals surface area contributed by atoms with E-state index in [9.17, 15) is 4.79 Å². The molecule has 1 saturated carbocycles. The third-order valence-electron chi connectivity index (χ3n) is 3.80. The van der Waals surface area contributed by atoms with Crippen molar-refractivity contribution in [2.75, 3.05) is 19.0 Å². The van der Waals surface area contributed by atoms with Gasteiger partial charge in [-0.2, -0.15) is 5.10 Å². The number of aryl methyl sites for hydroxylation is 1. The fraction of sp³-hybridized carbons (Fsp3) is 0.714. The molecule has 0 aliphatic heterocycles. The standard InChI is InChI=1S/C14H24N4O2/c1-11-5-3-6-12(11)15-14(19)16-13-7-9-18(17-13)8-4-10-20-2/h7,9,11-12H,3-6,8,10H2,1-2H3,(H2,15,16,17,19). The molecule has 0 saturated heterocycles. The summed E-state index contributed by atoms with van der Waals surface area (Å²) in [5.41, 5.74) is 0. The van der Waals surface area contributed by atoms with Crippen molar-refractivity contribution in [2.24, 2.45) is 5.92 Å². The van der Waals surface area contributed by atoms with E-state index < -0.39 is 0 Å². The molecule has 1 aromatic heterocycles. The lowest BCUT2D eigenvalue weighted by molar-refractivity contribution is 0.189. The second kappa shape index (κ2) is 7.28. The summed E-state index contributed by atoms with van der Waals surface area (Å²) < 4.78 is 6.81. The lowest BCUT2D eigenvalue weighted by atomic mass is 10.1. The molecule has 2 amide bonds. The molecule has 1 aromatic rings. The molecule has 0 spiro atoms. The number of rotatable bonds is 6. The van der Waals surface area contributed by atoms with Crippen LogP contribution < -0.4 is 10.6 Å². The van der Waals surface area contributed by atoms with Gasteiger partial charge in [0.2, 0.25) is 0 Å². The van der Waals surface area contributed by atoms with Crippen molar-refractivity contribution >= 4 is 11.8 Å². The fourth-order valence-electron chi connectivity index (χ4n) is 2.60. The van der Waals surface area contributed by atoms with E-state index in [1.165, 1.54) is 12.8 Å². The molecule has 0 bridgehead atoms. The van der Waals surface area contributed by atoms with Crippen LogP contribution in [-0.2, 0) is 11.3 Å². The minimum atomic E-state index is -0.161. The summed E-state index contributed by atoms with van der Waals surface area (Å²) in [7, 11) is 1.68. The zero-order valence-electron chi connectivity index (χ0n) is 12.3. The van der Waals surface area contributed by atoms with E-state index in [1.54, 1.807) is 7.11 Å². The van der Waals surface area contributed by atoms with E-state index in [0.717, 1.165) is 19.4 Å². The van der Waals surface area contributed by atoms with Gasteiger partial charge in [-0.05, 0) is 25.2 Å². The second-order valence-electron chi connectivity index (χ2n) is 5.42. The quantitative estimate of drug-likeness (QED) is 0.785. The number of amides is 2. The number of carbonyl (C=O) groups is 1. The molecule has 0 radical (unpaired) electrons. The summed E-state index contributed by atoms with van der Waals surface area (Å²) in [6.07, 6.45) is 6.23. The van der Waals surface area contributed by atoms with Crippen molar-refractivity contribution in [3.8, 4) is 0 Å². The molecular formula is C14H24N4O2. The third-order valence-corrected chi connectivity index (χ3v) is 3.80. The summed E-state index contributed by atoms with van der Waals surface area (Å²) in [6, 6.07) is 1.94. The fourth-order valence-corrected chi connectivity index (χ4v) is 2.60. The van der Waals surface area contributed by atoms with Crippen LogP contribution in [0.2, 0.25) is 0 Å². The minimum Gasteiger partial charge on any atom is -0.385 e. The van der Waals surface area contributed by atoms with Crippen molar-refractivity contribution in [3.63, 3.8) is 0 Å². The van der Waals surface area contributed by atoms with Crippen LogP contribution in [0.4, 0.5) is 10.6 Å². The molecule has 1 aliphatic rings. The number of carbonyl (C=O) groups excluding carboxylic acids is 1. The van der Waals surface area contributed by atoms with E-state index in [-0.39, 0.29) is 6.03 Å². The van der Waals surface area contributed by atoms with Gasteiger partial charge in [0.1, 0.15) is 0 Å². The molecule has 112 valence electrons. The lowest BCUT2D eigenvalue weighted by Gasteiger charge is -2.17. The Bertz CT molecular complexity index is 433. The average Bonchev–Trinajstić information content (AvgIpc) is 3.00. The van der Waals surface area contributed by atoms with E-state index in [1.807, 2.05) is 16.9 Å². The van der Waals surface area contributed by atoms with Gasteiger partial charge in [-0.3, -0.25) is 10.00 Å². The maximum absolute atomic E-state index is 11.9. The Morgan fingerprint density at radius 1 is 1.55 bits per heavy atom. The van der Waals surface area contributed by atoms with Crippen LogP contribution in [0.25, 0.3) is 0 Å². The molecule has 2 unspecified atom stereocenters. The van der Waals surface area contributed by atoms with Crippen molar-refractivity contribution < 1.29 is 9.53 Å². The van der Waals surface area contributed by atoms with Crippen molar-refractivity contribution in [2.45, 2.75) is 45.2 Å². The molecule has 2 atom stereocenters. The van der Waals surface area contributed by atoms with Crippen LogP contribution in [0.3, 0.4) is 0 Å². The van der Waals surface area contributed by atoms with Crippen LogP contribution in [-0.4, -0.2) is 35.6 Å². The van der Waals surface area contributed by atoms with Gasteiger partial charge < -0.3 is 10.1 Å². The molecule has 6 nitrogen and oxygen atoms in total. The van der Waals surface area contributed by atoms with Gasteiger partial charge in [-0.1, -0.05) is 13.3 Å². The summed E-state index contributed by atoms with van der Waals surface area (Å²) >= 11 is 0. The number of hydrogen-bond donors (Lipinski definition) is 2. The predicted octanol–water partition coefficient (Wildman–Crippen LogP) is 2.23. The van der Waals surface area contributed by atoms with Gasteiger partial charge in [-0.25, -0.2) is 4.79 Å². The number of anilines is 1. The van der Waals surface area contributed by atoms with Crippen LogP contribution in [0.5, 0.6) is 0 Å². The molecule has 20 heavy (non-hydrogen) atoms. The highest BCUT2D eigenvalue weighted by Crippen LogP contribution is 2.24. The first-order chi connectivity index (χ1) is 9.69. The number of nitrogens with zero attached hydrogens (tertiary/aromatic N) is 2. The van der Waals surface area contributed by atoms with E-state index in [4.69, 9.17) is 4.74 Å². The Hall–Kier alpha value is -1.56. The van der Waals surface area contributed by atoms with Gasteiger partial charge in [0.05, 0.1) is 0 Å². The van der Waals surface area contributed by atoms with Crippen LogP contribution in [0.15, 0.2) is 12.3 Å². The second-order valence-corrected chi connectivity index (χ2v) is 5.42. The minimum absolute atomic E-state index is 0.161. The van der Waals surface area contributed by atoms with Crippen LogP contribution in [0.1, 0.15) is 32.6 Å². The summed E-state index contributed by atoms with van der Waals surface area (Å²) in [4.78, 5) is 11.9. The topological polar surface area (TPSA) is 68.2 Å². The van der Waals surface area contributed by atoms with Gasteiger partial charge in [0, 0.05) is 38.6 Å². The maximum Gasteiger partial charge on any atom is 0.320 e. The molecule has 1 fully saturated rings. The number of nitrogens with one attached hydrogen (secondary N) is 2. The zero-order chi connectivity index (χ0) is 14.4. The summed E-state index contributed by atoms with van der Waals surface area (Å²) in [5, 5.41) is 10.1. The highest BCUT2D eigenvalue weighted by atomic mass is 16.5. The highest BCUT2D eigenvalue weighted by molar-refractivity contribution is 5.88. The highest BCUT2D eigenvalue weighted by Gasteiger charge is 2.24. The predicted molar refractivity (Wildman–Crippen MR) is 77.7 cm³/mol. The Labute approximate surface area is 119 Å². The summed E-state index contributed by atoms with van der Waals surface area (Å²) in [6.45, 7) is 3.68. The number of hydrogen-bond acceptors (Lipinski definition) is 3.